The molecule has 0 heterocycles. The van der Waals surface area contributed by atoms with E-state index in [4.69, 9.17) is 10.1 Å². The number of benzene rings is 2. The number of halogens is 3. The van der Waals surface area contributed by atoms with Gasteiger partial charge in [-0.05, 0) is 49.7 Å². The Bertz CT molecular complexity index is 1030. The van der Waals surface area contributed by atoms with Crippen LogP contribution in [0.3, 0.4) is 0 Å². The van der Waals surface area contributed by atoms with E-state index in [1.165, 1.54) is 42.5 Å². The number of nitrogens with one attached hydrogen (secondary N) is 1. The van der Waals surface area contributed by atoms with Crippen molar-refractivity contribution in [2.75, 3.05) is 4.72 Å². The number of hydrogen-bond donors (Lipinski definition) is 1. The highest BCUT2D eigenvalue weighted by Crippen LogP contribution is 2.28. The van der Waals surface area contributed by atoms with Crippen molar-refractivity contribution in [3.63, 3.8) is 0 Å². The van der Waals surface area contributed by atoms with Crippen LogP contribution >= 0.6 is 0 Å². The maximum atomic E-state index is 12.7. The van der Waals surface area contributed by atoms with Crippen LogP contribution in [0.4, 0.5) is 18.9 Å². The Morgan fingerprint density at radius 2 is 1.77 bits per heavy atom. The zero-order chi connectivity index (χ0) is 22.9. The molecule has 0 bridgehead atoms. The Balaban J connectivity index is 0.00000218. The number of nitriles is 1. The van der Waals surface area contributed by atoms with Crippen molar-refractivity contribution in [2.45, 2.75) is 39.6 Å². The maximum Gasteiger partial charge on any atom is 0.516 e. The summed E-state index contributed by atoms with van der Waals surface area (Å²) in [6.45, 7) is 7.41. The first kappa shape index (κ1) is 25.0. The van der Waals surface area contributed by atoms with Crippen LogP contribution in [0.5, 0.6) is 5.75 Å². The fourth-order valence-electron chi connectivity index (χ4n) is 2.19. The number of aryl methyl sites for hydroxylation is 1. The fourth-order valence-corrected chi connectivity index (χ4v) is 2.77. The first-order valence-electron chi connectivity index (χ1n) is 9.01. The first-order chi connectivity index (χ1) is 14.1. The van der Waals surface area contributed by atoms with Crippen LogP contribution in [-0.2, 0) is 10.0 Å². The first-order valence-corrected chi connectivity index (χ1v) is 10.5. The average molecular weight is 441 g/mol. The van der Waals surface area contributed by atoms with Crippen molar-refractivity contribution in [2.24, 2.45) is 5.16 Å². The number of rotatable bonds is 6. The van der Waals surface area contributed by atoms with Gasteiger partial charge < -0.3 is 4.84 Å². The Morgan fingerprint density at radius 3 is 2.27 bits per heavy atom. The lowest BCUT2D eigenvalue weighted by Gasteiger charge is -2.15. The number of hydrogen-bond acceptors (Lipinski definition) is 5. The van der Waals surface area contributed by atoms with E-state index >= 15 is 0 Å². The molecule has 0 radical (unpaired) electrons. The van der Waals surface area contributed by atoms with Crippen LogP contribution < -0.4 is 9.56 Å². The van der Waals surface area contributed by atoms with Crippen LogP contribution in [0.1, 0.15) is 43.9 Å². The summed E-state index contributed by atoms with van der Waals surface area (Å²) in [5.41, 5.74) is -4.17. The molecule has 6 nitrogen and oxygen atoms in total. The molecule has 2 aromatic carbocycles. The largest absolute Gasteiger partial charge is 0.516 e. The zero-order valence-electron chi connectivity index (χ0n) is 16.9. The molecule has 1 N–H and O–H groups in total. The van der Waals surface area contributed by atoms with Crippen molar-refractivity contribution in [1.29, 1.82) is 5.26 Å². The van der Waals surface area contributed by atoms with Crippen molar-refractivity contribution in [3.05, 3.63) is 59.2 Å². The van der Waals surface area contributed by atoms with Crippen LogP contribution in [0.2, 0.25) is 0 Å². The lowest BCUT2D eigenvalue weighted by atomic mass is 10.0. The predicted molar refractivity (Wildman–Crippen MR) is 110 cm³/mol. The van der Waals surface area contributed by atoms with Gasteiger partial charge >= 0.3 is 15.5 Å². The van der Waals surface area contributed by atoms with Crippen LogP contribution in [-0.4, -0.2) is 19.6 Å². The van der Waals surface area contributed by atoms with E-state index in [1.807, 2.05) is 19.9 Å². The van der Waals surface area contributed by atoms with Gasteiger partial charge in [-0.2, -0.15) is 26.9 Å². The normalized spacial score (nSPS) is 11.7. The van der Waals surface area contributed by atoms with E-state index in [0.29, 0.717) is 16.9 Å². The molecule has 30 heavy (non-hydrogen) atoms. The van der Waals surface area contributed by atoms with Gasteiger partial charge in [-0.3, -0.25) is 4.72 Å². The smallest absolute Gasteiger partial charge is 0.357 e. The predicted octanol–water partition coefficient (Wildman–Crippen LogP) is 5.35. The lowest BCUT2D eigenvalue weighted by molar-refractivity contribution is -0.0429. The molecule has 0 unspecified atom stereocenters. The minimum absolute atomic E-state index is 0.170. The molecule has 0 spiro atoms. The molecule has 0 aliphatic carbocycles. The highest BCUT2D eigenvalue weighted by molar-refractivity contribution is 7.93. The minimum atomic E-state index is -5.58. The van der Waals surface area contributed by atoms with Gasteiger partial charge in [-0.1, -0.05) is 37.6 Å². The van der Waals surface area contributed by atoms with E-state index in [9.17, 15) is 21.6 Å². The Morgan fingerprint density at radius 1 is 1.17 bits per heavy atom. The number of sulfonamides is 1. The third-order valence-electron chi connectivity index (χ3n) is 3.61. The zero-order valence-corrected chi connectivity index (χ0v) is 17.7. The summed E-state index contributed by atoms with van der Waals surface area (Å²) >= 11 is 0. The summed E-state index contributed by atoms with van der Waals surface area (Å²) in [7, 11) is -5.58. The minimum Gasteiger partial charge on any atom is -0.357 e. The van der Waals surface area contributed by atoms with Crippen molar-refractivity contribution < 1.29 is 26.4 Å². The molecule has 162 valence electrons. The average Bonchev–Trinajstić information content (AvgIpc) is 2.71. The SMILES string of the molecule is CC.CC/C(=N\Oc1ccc(C#N)cc1)c1cc(C)ccc1NS(=O)(=O)C(F)(F)F. The monoisotopic (exact) mass is 441 g/mol. The summed E-state index contributed by atoms with van der Waals surface area (Å²) in [5.74, 6) is 0.315. The third-order valence-corrected chi connectivity index (χ3v) is 4.71. The van der Waals surface area contributed by atoms with Crippen molar-refractivity contribution in [1.82, 2.24) is 0 Å². The third kappa shape index (κ3) is 6.49. The van der Waals surface area contributed by atoms with Gasteiger partial charge in [0, 0.05) is 5.56 Å². The second kappa shape index (κ2) is 10.6. The van der Waals surface area contributed by atoms with E-state index in [0.717, 1.165) is 0 Å². The molecule has 0 amide bonds. The molecular weight excluding hydrogens is 419 g/mol. The Kier molecular flexibility index (Phi) is 8.86. The summed E-state index contributed by atoms with van der Waals surface area (Å²) in [6, 6.07) is 12.2. The second-order valence-corrected chi connectivity index (χ2v) is 7.39. The molecule has 2 rings (SSSR count). The van der Waals surface area contributed by atoms with Gasteiger partial charge in [0.1, 0.15) is 0 Å². The van der Waals surface area contributed by atoms with Crippen molar-refractivity contribution >= 4 is 21.4 Å². The van der Waals surface area contributed by atoms with Crippen LogP contribution in [0.15, 0.2) is 47.6 Å². The van der Waals surface area contributed by atoms with E-state index < -0.39 is 15.5 Å². The van der Waals surface area contributed by atoms with Gasteiger partial charge in [0.2, 0.25) is 0 Å². The number of anilines is 1. The van der Waals surface area contributed by atoms with Gasteiger partial charge in [0.05, 0.1) is 23.0 Å². The Hall–Kier alpha value is -3.06. The molecule has 10 heteroatoms. The standard InChI is InChI=1S/C18H16F3N3O3S.C2H6/c1-3-16(23-27-14-7-5-13(11-22)6-8-14)15-10-12(2)4-9-17(15)24-28(25,26)18(19,20)21;1-2/h4-10,24H,3H2,1-2H3;1-2H3/b23-16+;. The Labute approximate surface area is 174 Å². The van der Waals surface area contributed by atoms with Crippen LogP contribution in [0, 0.1) is 18.3 Å². The maximum absolute atomic E-state index is 12.7. The van der Waals surface area contributed by atoms with E-state index in [2.05, 4.69) is 5.16 Å². The summed E-state index contributed by atoms with van der Waals surface area (Å²) in [6.07, 6.45) is 0.264. The molecule has 0 atom stereocenters. The number of alkyl halides is 3. The van der Waals surface area contributed by atoms with E-state index in [-0.39, 0.29) is 23.4 Å². The number of oxime groups is 1. The molecule has 0 saturated carbocycles. The van der Waals surface area contributed by atoms with E-state index in [1.54, 1.807) is 18.6 Å². The van der Waals surface area contributed by atoms with Gasteiger partial charge in [0.25, 0.3) is 0 Å². The molecular formula is C20H22F3N3O3S. The fraction of sp³-hybridized carbons (Fsp3) is 0.300. The highest BCUT2D eigenvalue weighted by Gasteiger charge is 2.46. The summed E-state index contributed by atoms with van der Waals surface area (Å²) < 4.78 is 62.7. The molecule has 0 saturated heterocycles. The molecule has 0 aromatic heterocycles. The van der Waals surface area contributed by atoms with Crippen molar-refractivity contribution in [3.8, 4) is 11.8 Å². The molecule has 0 fully saturated rings. The second-order valence-electron chi connectivity index (χ2n) is 5.72. The van der Waals surface area contributed by atoms with Gasteiger partial charge in [-0.25, -0.2) is 0 Å². The van der Waals surface area contributed by atoms with Gasteiger partial charge in [0.15, 0.2) is 5.75 Å². The quantitative estimate of drug-likeness (QED) is 0.483. The molecule has 2 aromatic rings. The molecule has 0 aliphatic heterocycles. The number of nitrogens with zero attached hydrogens (tertiary/aromatic N) is 2. The van der Waals surface area contributed by atoms with Crippen LogP contribution in [0.25, 0.3) is 0 Å². The highest BCUT2D eigenvalue weighted by atomic mass is 32.2. The van der Waals surface area contributed by atoms with Gasteiger partial charge in [-0.15, -0.1) is 0 Å². The summed E-state index contributed by atoms with van der Waals surface area (Å²) in [4.78, 5) is 5.28. The summed E-state index contributed by atoms with van der Waals surface area (Å²) in [5, 5.41) is 12.7. The topological polar surface area (TPSA) is 91.5 Å². The lowest BCUT2D eigenvalue weighted by Crippen LogP contribution is -2.30. The molecule has 0 aliphatic rings.